The van der Waals surface area contributed by atoms with Crippen LogP contribution < -0.4 is 4.74 Å². The molecule has 2 atom stereocenters. The highest BCUT2D eigenvalue weighted by Crippen LogP contribution is 2.13. The summed E-state index contributed by atoms with van der Waals surface area (Å²) in [5.41, 5.74) is 0.220. The minimum atomic E-state index is -0.966. The number of hydrogen-bond donors (Lipinski definition) is 3. The summed E-state index contributed by atoms with van der Waals surface area (Å²) in [4.78, 5) is 12.6. The highest BCUT2D eigenvalue weighted by molar-refractivity contribution is 5.87. The Balaban J connectivity index is 1.75. The molecule has 0 aliphatic carbocycles. The van der Waals surface area contributed by atoms with E-state index in [1.807, 2.05) is 4.90 Å². The van der Waals surface area contributed by atoms with Crippen LogP contribution in [0.4, 0.5) is 0 Å². The second kappa shape index (κ2) is 6.01. The largest absolute Gasteiger partial charge is 0.492 e. The first-order valence-electron chi connectivity index (χ1n) is 6.11. The Kier molecular flexibility index (Phi) is 4.36. The van der Waals surface area contributed by atoms with Crippen LogP contribution in [0.3, 0.4) is 0 Å². The lowest BCUT2D eigenvalue weighted by atomic mass is 10.2. The first-order valence-corrected chi connectivity index (χ1v) is 6.11. The minimum absolute atomic E-state index is 0.220. The molecular weight excluding hydrogens is 250 g/mol. The van der Waals surface area contributed by atoms with Gasteiger partial charge in [-0.15, -0.1) is 0 Å². The van der Waals surface area contributed by atoms with E-state index in [-0.39, 0.29) is 5.56 Å². The van der Waals surface area contributed by atoms with Crippen LogP contribution in [0.15, 0.2) is 24.3 Å². The zero-order chi connectivity index (χ0) is 13.8. The Bertz CT molecular complexity index is 423. The van der Waals surface area contributed by atoms with Crippen molar-refractivity contribution in [2.24, 2.45) is 0 Å². The van der Waals surface area contributed by atoms with Crippen molar-refractivity contribution in [2.75, 3.05) is 26.2 Å². The third-order valence-corrected chi connectivity index (χ3v) is 3.11. The quantitative estimate of drug-likeness (QED) is 0.684. The number of carbonyl (C=O) groups is 1. The highest BCUT2D eigenvalue weighted by Gasteiger charge is 2.28. The van der Waals surface area contributed by atoms with Crippen molar-refractivity contribution in [3.05, 3.63) is 29.8 Å². The summed E-state index contributed by atoms with van der Waals surface area (Å²) < 4.78 is 5.48. The van der Waals surface area contributed by atoms with E-state index in [0.29, 0.717) is 32.0 Å². The standard InChI is InChI=1S/C13H17NO5/c15-11-7-14(8-12(11)16)5-6-19-10-3-1-9(2-4-10)13(17)18/h1-4,11-12,15-16H,5-8H2,(H,17,18). The van der Waals surface area contributed by atoms with Gasteiger partial charge in [-0.05, 0) is 24.3 Å². The van der Waals surface area contributed by atoms with E-state index in [1.54, 1.807) is 12.1 Å². The maximum absolute atomic E-state index is 10.7. The van der Waals surface area contributed by atoms with Gasteiger partial charge in [0.2, 0.25) is 0 Å². The Hall–Kier alpha value is -1.63. The van der Waals surface area contributed by atoms with E-state index in [9.17, 15) is 15.0 Å². The van der Waals surface area contributed by atoms with Gasteiger partial charge < -0.3 is 20.1 Å². The van der Waals surface area contributed by atoms with Gasteiger partial charge in [-0.25, -0.2) is 4.79 Å². The van der Waals surface area contributed by atoms with Crippen LogP contribution in [0.2, 0.25) is 0 Å². The van der Waals surface area contributed by atoms with Gasteiger partial charge in [-0.3, -0.25) is 4.90 Å². The van der Waals surface area contributed by atoms with Gasteiger partial charge >= 0.3 is 5.97 Å². The van der Waals surface area contributed by atoms with E-state index in [4.69, 9.17) is 9.84 Å². The fourth-order valence-electron chi connectivity index (χ4n) is 2.02. The van der Waals surface area contributed by atoms with Crippen LogP contribution >= 0.6 is 0 Å². The minimum Gasteiger partial charge on any atom is -0.492 e. The van der Waals surface area contributed by atoms with Crippen LogP contribution in [0.25, 0.3) is 0 Å². The molecule has 19 heavy (non-hydrogen) atoms. The van der Waals surface area contributed by atoms with Crippen molar-refractivity contribution < 1.29 is 24.9 Å². The van der Waals surface area contributed by atoms with Gasteiger partial charge in [0.25, 0.3) is 0 Å². The number of aliphatic hydroxyl groups is 2. The lowest BCUT2D eigenvalue weighted by Gasteiger charge is -2.15. The molecule has 0 aromatic heterocycles. The number of ether oxygens (including phenoxy) is 1. The predicted molar refractivity (Wildman–Crippen MR) is 67.3 cm³/mol. The molecule has 3 N–H and O–H groups in total. The summed E-state index contributed by atoms with van der Waals surface area (Å²) in [6, 6.07) is 6.19. The average molecular weight is 267 g/mol. The maximum atomic E-state index is 10.7. The van der Waals surface area contributed by atoms with Crippen LogP contribution in [-0.4, -0.2) is 64.6 Å². The van der Waals surface area contributed by atoms with Crippen LogP contribution in [0.1, 0.15) is 10.4 Å². The van der Waals surface area contributed by atoms with Crippen molar-refractivity contribution in [1.82, 2.24) is 4.90 Å². The molecule has 1 aromatic rings. The SMILES string of the molecule is O=C(O)c1ccc(OCCN2CC(O)C(O)C2)cc1. The second-order valence-corrected chi connectivity index (χ2v) is 4.57. The summed E-state index contributed by atoms with van der Waals surface area (Å²) in [6.07, 6.45) is -1.37. The summed E-state index contributed by atoms with van der Waals surface area (Å²) in [5, 5.41) is 27.5. The van der Waals surface area contributed by atoms with Crippen molar-refractivity contribution in [3.63, 3.8) is 0 Å². The van der Waals surface area contributed by atoms with Gasteiger partial charge in [0.1, 0.15) is 12.4 Å². The molecule has 1 saturated heterocycles. The average Bonchev–Trinajstić information content (AvgIpc) is 2.69. The lowest BCUT2D eigenvalue weighted by Crippen LogP contribution is -2.27. The number of nitrogens with zero attached hydrogens (tertiary/aromatic N) is 1. The fourth-order valence-corrected chi connectivity index (χ4v) is 2.02. The number of rotatable bonds is 5. The zero-order valence-electron chi connectivity index (χ0n) is 10.4. The molecule has 1 aliphatic heterocycles. The first kappa shape index (κ1) is 13.8. The molecule has 1 aliphatic rings. The van der Waals surface area contributed by atoms with Crippen LogP contribution in [0.5, 0.6) is 5.75 Å². The molecule has 6 nitrogen and oxygen atoms in total. The molecule has 0 radical (unpaired) electrons. The predicted octanol–water partition coefficient (Wildman–Crippen LogP) is -0.199. The normalized spacial score (nSPS) is 23.5. The van der Waals surface area contributed by atoms with E-state index >= 15 is 0 Å². The number of hydrogen-bond acceptors (Lipinski definition) is 5. The van der Waals surface area contributed by atoms with Crippen LogP contribution in [0, 0.1) is 0 Å². The Morgan fingerprint density at radius 2 is 1.79 bits per heavy atom. The lowest BCUT2D eigenvalue weighted by molar-refractivity contribution is 0.0572. The number of carboxylic acids is 1. The molecule has 1 fully saturated rings. The molecule has 104 valence electrons. The second-order valence-electron chi connectivity index (χ2n) is 4.57. The number of aromatic carboxylic acids is 1. The van der Waals surface area contributed by atoms with Gasteiger partial charge in [-0.1, -0.05) is 0 Å². The van der Waals surface area contributed by atoms with Crippen molar-refractivity contribution >= 4 is 5.97 Å². The van der Waals surface area contributed by atoms with E-state index in [2.05, 4.69) is 0 Å². The number of benzene rings is 1. The number of likely N-dealkylation sites (tertiary alicyclic amines) is 1. The highest BCUT2D eigenvalue weighted by atomic mass is 16.5. The summed E-state index contributed by atoms with van der Waals surface area (Å²) >= 11 is 0. The summed E-state index contributed by atoms with van der Waals surface area (Å²) in [7, 11) is 0. The maximum Gasteiger partial charge on any atom is 0.335 e. The number of aliphatic hydroxyl groups excluding tert-OH is 2. The Labute approximate surface area is 110 Å². The molecule has 0 amide bonds. The summed E-state index contributed by atoms with van der Waals surface area (Å²) in [6.45, 7) is 1.92. The van der Waals surface area contributed by atoms with Crippen molar-refractivity contribution in [2.45, 2.75) is 12.2 Å². The topological polar surface area (TPSA) is 90.2 Å². The molecule has 1 aromatic carbocycles. The van der Waals surface area contributed by atoms with E-state index < -0.39 is 18.2 Å². The van der Waals surface area contributed by atoms with Gasteiger partial charge in [0, 0.05) is 19.6 Å². The first-order chi connectivity index (χ1) is 9.06. The number of carboxylic acid groups (broad SMARTS) is 1. The van der Waals surface area contributed by atoms with E-state index in [0.717, 1.165) is 0 Å². The molecule has 1 heterocycles. The van der Waals surface area contributed by atoms with Gasteiger partial charge in [0.15, 0.2) is 0 Å². The molecule has 0 spiro atoms. The molecule has 2 unspecified atom stereocenters. The monoisotopic (exact) mass is 267 g/mol. The molecule has 6 heteroatoms. The fraction of sp³-hybridized carbons (Fsp3) is 0.462. The smallest absolute Gasteiger partial charge is 0.335 e. The van der Waals surface area contributed by atoms with Gasteiger partial charge in [-0.2, -0.15) is 0 Å². The van der Waals surface area contributed by atoms with Crippen molar-refractivity contribution in [1.29, 1.82) is 0 Å². The zero-order valence-corrected chi connectivity index (χ0v) is 10.4. The van der Waals surface area contributed by atoms with Crippen LogP contribution in [-0.2, 0) is 0 Å². The molecule has 0 bridgehead atoms. The number of β-amino-alcohol motifs (C(OH)–C–C–N with tert-alkyl or cyclic N) is 2. The summed E-state index contributed by atoms with van der Waals surface area (Å²) in [5.74, 6) is -0.364. The van der Waals surface area contributed by atoms with E-state index in [1.165, 1.54) is 12.1 Å². The molecule has 2 rings (SSSR count). The third kappa shape index (κ3) is 3.66. The third-order valence-electron chi connectivity index (χ3n) is 3.11. The van der Waals surface area contributed by atoms with Gasteiger partial charge in [0.05, 0.1) is 17.8 Å². The molecular formula is C13H17NO5. The Morgan fingerprint density at radius 3 is 2.32 bits per heavy atom. The van der Waals surface area contributed by atoms with Crippen molar-refractivity contribution in [3.8, 4) is 5.75 Å². The Morgan fingerprint density at radius 1 is 1.21 bits per heavy atom. The molecule has 0 saturated carbocycles.